The molecule has 8 nitrogen and oxygen atoms in total. The molecular formula is C20H20N8. The van der Waals surface area contributed by atoms with E-state index in [4.69, 9.17) is 10.5 Å². The van der Waals surface area contributed by atoms with Crippen LogP contribution in [0.5, 0.6) is 0 Å². The molecule has 0 unspecified atom stereocenters. The summed E-state index contributed by atoms with van der Waals surface area (Å²) in [6.07, 6.45) is 0. The van der Waals surface area contributed by atoms with Crippen LogP contribution < -0.4 is 0 Å². The Morgan fingerprint density at radius 1 is 0.750 bits per heavy atom. The van der Waals surface area contributed by atoms with Gasteiger partial charge in [0, 0.05) is 0 Å². The third kappa shape index (κ3) is 4.68. The van der Waals surface area contributed by atoms with E-state index in [0.717, 1.165) is 0 Å². The summed E-state index contributed by atoms with van der Waals surface area (Å²) in [6, 6.07) is 18.4. The summed E-state index contributed by atoms with van der Waals surface area (Å²) < 4.78 is 0. The second-order valence-corrected chi connectivity index (χ2v) is 6.65. The number of hydrogen-bond donors (Lipinski definition) is 0. The number of benzene rings is 2. The van der Waals surface area contributed by atoms with Crippen LogP contribution in [0.4, 0.5) is 11.4 Å². The molecule has 0 spiro atoms. The molecule has 140 valence electrons. The second kappa shape index (κ2) is 8.74. The van der Waals surface area contributed by atoms with E-state index in [1.54, 1.807) is 48.5 Å². The highest BCUT2D eigenvalue weighted by atomic mass is 15.6. The molecule has 1 saturated heterocycles. The van der Waals surface area contributed by atoms with Gasteiger partial charge in [-0.15, -0.1) is 10.2 Å². The quantitative estimate of drug-likeness (QED) is 0.736. The topological polar surface area (TPSA) is 104 Å². The fourth-order valence-corrected chi connectivity index (χ4v) is 2.96. The Morgan fingerprint density at radius 2 is 1.18 bits per heavy atom. The van der Waals surface area contributed by atoms with Gasteiger partial charge in [0.25, 0.3) is 0 Å². The molecule has 1 aliphatic rings. The van der Waals surface area contributed by atoms with Crippen molar-refractivity contribution in [3.8, 4) is 12.1 Å². The van der Waals surface area contributed by atoms with Crippen molar-refractivity contribution in [2.45, 2.75) is 25.9 Å². The third-order valence-electron chi connectivity index (χ3n) is 4.40. The van der Waals surface area contributed by atoms with Crippen LogP contribution in [-0.2, 0) is 0 Å². The predicted molar refractivity (Wildman–Crippen MR) is 104 cm³/mol. The average Bonchev–Trinajstić information content (AvgIpc) is 2.72. The first kappa shape index (κ1) is 19.0. The van der Waals surface area contributed by atoms with Crippen LogP contribution in [-0.4, -0.2) is 35.2 Å². The van der Waals surface area contributed by atoms with Gasteiger partial charge in [-0.1, -0.05) is 10.4 Å². The van der Waals surface area contributed by atoms with Crippen LogP contribution in [0.2, 0.25) is 0 Å². The van der Waals surface area contributed by atoms with Gasteiger partial charge in [0.05, 0.1) is 59.8 Å². The van der Waals surface area contributed by atoms with E-state index in [2.05, 4.69) is 46.7 Å². The van der Waals surface area contributed by atoms with Gasteiger partial charge in [-0.25, -0.2) is 0 Å². The van der Waals surface area contributed by atoms with Gasteiger partial charge in [0.2, 0.25) is 0 Å². The first-order chi connectivity index (χ1) is 13.6. The third-order valence-corrected chi connectivity index (χ3v) is 4.40. The van der Waals surface area contributed by atoms with E-state index in [0.29, 0.717) is 35.6 Å². The standard InChI is InChI=1S/C20H20N8/c1-15-13-27(25-23-19-7-3-17(11-21)4-8-19)14-16(2)28(15)26-24-20-9-5-18(12-22)6-10-20/h3-10,15-16H,13-14H2,1-2H3/t15-,16+. The Labute approximate surface area is 164 Å². The number of nitriles is 2. The molecule has 2 atom stereocenters. The van der Waals surface area contributed by atoms with Crippen LogP contribution in [0, 0.1) is 22.7 Å². The van der Waals surface area contributed by atoms with Crippen LogP contribution in [0.25, 0.3) is 0 Å². The van der Waals surface area contributed by atoms with Gasteiger partial charge in [-0.3, -0.25) is 10.0 Å². The normalized spacial score (nSPS) is 19.7. The average molecular weight is 372 g/mol. The van der Waals surface area contributed by atoms with Crippen molar-refractivity contribution < 1.29 is 0 Å². The number of piperazine rings is 1. The summed E-state index contributed by atoms with van der Waals surface area (Å²) in [7, 11) is 0. The molecule has 0 aromatic heterocycles. The molecule has 0 saturated carbocycles. The van der Waals surface area contributed by atoms with Crippen molar-refractivity contribution in [1.29, 1.82) is 10.5 Å². The molecule has 0 bridgehead atoms. The lowest BCUT2D eigenvalue weighted by molar-refractivity contribution is 0.0322. The SMILES string of the molecule is C[C@@H]1CN(N=Nc2ccc(C#N)cc2)C[C@H](C)N1N=Nc1ccc(C#N)cc1. The molecule has 0 amide bonds. The van der Waals surface area contributed by atoms with Crippen molar-refractivity contribution in [3.05, 3.63) is 59.7 Å². The van der Waals surface area contributed by atoms with E-state index >= 15 is 0 Å². The van der Waals surface area contributed by atoms with Crippen molar-refractivity contribution in [2.75, 3.05) is 13.1 Å². The Bertz CT molecular complexity index is 922. The number of rotatable bonds is 4. The Kier molecular flexibility index (Phi) is 5.93. The summed E-state index contributed by atoms with van der Waals surface area (Å²) in [5, 5.41) is 38.8. The van der Waals surface area contributed by atoms with Crippen molar-refractivity contribution in [3.63, 3.8) is 0 Å². The lowest BCUT2D eigenvalue weighted by Gasteiger charge is -2.39. The molecule has 28 heavy (non-hydrogen) atoms. The second-order valence-electron chi connectivity index (χ2n) is 6.65. The number of hydrogen-bond acceptors (Lipinski definition) is 6. The maximum Gasteiger partial charge on any atom is 0.0991 e. The van der Waals surface area contributed by atoms with E-state index < -0.39 is 0 Å². The van der Waals surface area contributed by atoms with Gasteiger partial charge in [-0.2, -0.15) is 10.5 Å². The minimum Gasteiger partial charge on any atom is -0.274 e. The van der Waals surface area contributed by atoms with Crippen LogP contribution in [0.3, 0.4) is 0 Å². The van der Waals surface area contributed by atoms with Crippen LogP contribution in [0.1, 0.15) is 25.0 Å². The lowest BCUT2D eigenvalue weighted by atomic mass is 10.2. The van der Waals surface area contributed by atoms with Gasteiger partial charge in [0.15, 0.2) is 0 Å². The molecule has 3 rings (SSSR count). The molecule has 0 N–H and O–H groups in total. The van der Waals surface area contributed by atoms with Gasteiger partial charge in [0.1, 0.15) is 0 Å². The van der Waals surface area contributed by atoms with E-state index in [-0.39, 0.29) is 12.1 Å². The molecule has 1 aliphatic heterocycles. The highest BCUT2D eigenvalue weighted by Crippen LogP contribution is 2.21. The molecule has 1 heterocycles. The Hall–Kier alpha value is -3.78. The zero-order chi connectivity index (χ0) is 19.9. The van der Waals surface area contributed by atoms with Crippen molar-refractivity contribution in [2.24, 2.45) is 20.7 Å². The molecule has 2 aromatic carbocycles. The highest BCUT2D eigenvalue weighted by molar-refractivity contribution is 5.42. The van der Waals surface area contributed by atoms with E-state index in [9.17, 15) is 0 Å². The molecule has 0 radical (unpaired) electrons. The summed E-state index contributed by atoms with van der Waals surface area (Å²) >= 11 is 0. The molecule has 1 fully saturated rings. The Balaban J connectivity index is 1.61. The maximum absolute atomic E-state index is 8.85. The lowest BCUT2D eigenvalue weighted by Crippen LogP contribution is -2.52. The fourth-order valence-electron chi connectivity index (χ4n) is 2.96. The minimum absolute atomic E-state index is 0.116. The molecule has 8 heteroatoms. The zero-order valence-corrected chi connectivity index (χ0v) is 15.8. The molecule has 2 aromatic rings. The summed E-state index contributed by atoms with van der Waals surface area (Å²) in [5.74, 6) is 0. The summed E-state index contributed by atoms with van der Waals surface area (Å²) in [6.45, 7) is 5.49. The Morgan fingerprint density at radius 3 is 1.61 bits per heavy atom. The van der Waals surface area contributed by atoms with Crippen molar-refractivity contribution >= 4 is 11.4 Å². The highest BCUT2D eigenvalue weighted by Gasteiger charge is 2.28. The van der Waals surface area contributed by atoms with Gasteiger partial charge < -0.3 is 0 Å². The first-order valence-corrected chi connectivity index (χ1v) is 8.96. The van der Waals surface area contributed by atoms with Gasteiger partial charge >= 0.3 is 0 Å². The monoisotopic (exact) mass is 372 g/mol. The largest absolute Gasteiger partial charge is 0.274 e. The van der Waals surface area contributed by atoms with Crippen LogP contribution >= 0.6 is 0 Å². The van der Waals surface area contributed by atoms with Crippen LogP contribution in [0.15, 0.2) is 69.2 Å². The first-order valence-electron chi connectivity index (χ1n) is 8.96. The number of nitrogens with zero attached hydrogens (tertiary/aromatic N) is 8. The minimum atomic E-state index is 0.116. The smallest absolute Gasteiger partial charge is 0.0991 e. The molecule has 0 aliphatic carbocycles. The van der Waals surface area contributed by atoms with E-state index in [1.807, 2.05) is 10.0 Å². The van der Waals surface area contributed by atoms with Gasteiger partial charge in [-0.05, 0) is 62.4 Å². The summed E-state index contributed by atoms with van der Waals surface area (Å²) in [4.78, 5) is 0. The van der Waals surface area contributed by atoms with E-state index in [1.165, 1.54) is 0 Å². The predicted octanol–water partition coefficient (Wildman–Crippen LogP) is 4.52. The zero-order valence-electron chi connectivity index (χ0n) is 15.8. The fraction of sp³-hybridized carbons (Fsp3) is 0.300. The maximum atomic E-state index is 8.85. The molecular weight excluding hydrogens is 352 g/mol. The summed E-state index contributed by atoms with van der Waals surface area (Å²) in [5.41, 5.74) is 2.62. The van der Waals surface area contributed by atoms with Crippen molar-refractivity contribution in [1.82, 2.24) is 10.0 Å².